The number of hydrogen-bond acceptors (Lipinski definition) is 5. The van der Waals surface area contributed by atoms with Crippen LogP contribution in [0.3, 0.4) is 0 Å². The van der Waals surface area contributed by atoms with Crippen molar-refractivity contribution in [2.75, 3.05) is 12.4 Å². The molecule has 1 amide bonds. The van der Waals surface area contributed by atoms with E-state index in [-0.39, 0.29) is 5.91 Å². The third-order valence-electron chi connectivity index (χ3n) is 4.56. The summed E-state index contributed by atoms with van der Waals surface area (Å²) in [5, 5.41) is 7.50. The molecule has 8 heteroatoms. The van der Waals surface area contributed by atoms with Gasteiger partial charge in [0.15, 0.2) is 0 Å². The van der Waals surface area contributed by atoms with E-state index in [1.165, 1.54) is 7.11 Å². The Labute approximate surface area is 178 Å². The van der Waals surface area contributed by atoms with E-state index in [2.05, 4.69) is 15.4 Å². The first kappa shape index (κ1) is 19.7. The molecule has 0 atom stereocenters. The molecular formula is C22H19ClN4O3. The van der Waals surface area contributed by atoms with Crippen molar-refractivity contribution in [2.24, 2.45) is 0 Å². The van der Waals surface area contributed by atoms with Crippen molar-refractivity contribution < 1.29 is 13.9 Å². The molecule has 0 unspecified atom stereocenters. The molecule has 4 aromatic rings. The molecule has 4 rings (SSSR count). The average molecular weight is 423 g/mol. The highest BCUT2D eigenvalue weighted by molar-refractivity contribution is 6.31. The number of rotatable bonds is 6. The zero-order valence-corrected chi connectivity index (χ0v) is 17.2. The highest BCUT2D eigenvalue weighted by atomic mass is 35.5. The number of amides is 1. The molecule has 0 aliphatic heterocycles. The van der Waals surface area contributed by atoms with E-state index < -0.39 is 0 Å². The number of aromatic nitrogens is 3. The molecule has 0 spiro atoms. The first-order valence-electron chi connectivity index (χ1n) is 9.22. The number of ether oxygens (including phenoxy) is 1. The third-order valence-corrected chi connectivity index (χ3v) is 4.79. The molecule has 0 saturated carbocycles. The Balaban J connectivity index is 1.50. The summed E-state index contributed by atoms with van der Waals surface area (Å²) in [6, 6.07) is 14.0. The van der Waals surface area contributed by atoms with Crippen molar-refractivity contribution >= 4 is 23.2 Å². The average Bonchev–Trinajstić information content (AvgIpc) is 3.39. The van der Waals surface area contributed by atoms with Crippen LogP contribution < -0.4 is 10.1 Å². The van der Waals surface area contributed by atoms with Gasteiger partial charge in [-0.3, -0.25) is 9.48 Å². The van der Waals surface area contributed by atoms with E-state index in [0.29, 0.717) is 34.5 Å². The molecule has 7 nitrogen and oxygen atoms in total. The first-order valence-corrected chi connectivity index (χ1v) is 9.60. The zero-order chi connectivity index (χ0) is 21.1. The largest absolute Gasteiger partial charge is 0.496 e. The van der Waals surface area contributed by atoms with Crippen LogP contribution in [0.5, 0.6) is 5.75 Å². The van der Waals surface area contributed by atoms with Gasteiger partial charge in [-0.05, 0) is 55.5 Å². The molecule has 152 valence electrons. The van der Waals surface area contributed by atoms with Gasteiger partial charge in [0.05, 0.1) is 19.2 Å². The van der Waals surface area contributed by atoms with Crippen LogP contribution in [0.4, 0.5) is 5.69 Å². The second-order valence-electron chi connectivity index (χ2n) is 6.60. The minimum atomic E-state index is -0.310. The number of oxazole rings is 1. The molecule has 2 aromatic carbocycles. The molecular weight excluding hydrogens is 404 g/mol. The summed E-state index contributed by atoms with van der Waals surface area (Å²) in [6.45, 7) is 2.42. The van der Waals surface area contributed by atoms with Crippen molar-refractivity contribution in [2.45, 2.75) is 13.5 Å². The SMILES string of the molecule is COc1ccc(Cl)cc1C(=O)Nc1ccc(-c2nc(Cn3cccn3)c(C)o2)cc1. The fraction of sp³-hybridized carbons (Fsp3) is 0.136. The molecule has 0 saturated heterocycles. The fourth-order valence-corrected chi connectivity index (χ4v) is 3.17. The van der Waals surface area contributed by atoms with Gasteiger partial charge >= 0.3 is 0 Å². The van der Waals surface area contributed by atoms with E-state index >= 15 is 0 Å². The van der Waals surface area contributed by atoms with Gasteiger partial charge in [0, 0.05) is 28.7 Å². The van der Waals surface area contributed by atoms with Crippen LogP contribution >= 0.6 is 11.6 Å². The van der Waals surface area contributed by atoms with E-state index in [0.717, 1.165) is 17.0 Å². The maximum atomic E-state index is 12.6. The second kappa shape index (κ2) is 8.42. The van der Waals surface area contributed by atoms with E-state index in [1.807, 2.05) is 31.3 Å². The number of carbonyl (C=O) groups is 1. The highest BCUT2D eigenvalue weighted by Gasteiger charge is 2.15. The lowest BCUT2D eigenvalue weighted by atomic mass is 10.1. The van der Waals surface area contributed by atoms with E-state index in [1.54, 1.807) is 41.2 Å². The number of hydrogen-bond donors (Lipinski definition) is 1. The Morgan fingerprint density at radius 1 is 1.23 bits per heavy atom. The van der Waals surface area contributed by atoms with Crippen molar-refractivity contribution in [1.29, 1.82) is 0 Å². The minimum Gasteiger partial charge on any atom is -0.496 e. The molecule has 0 aliphatic rings. The topological polar surface area (TPSA) is 82.2 Å². The summed E-state index contributed by atoms with van der Waals surface area (Å²) in [6.07, 6.45) is 3.60. The number of anilines is 1. The molecule has 1 N–H and O–H groups in total. The smallest absolute Gasteiger partial charge is 0.259 e. The molecule has 30 heavy (non-hydrogen) atoms. The summed E-state index contributed by atoms with van der Waals surface area (Å²) >= 11 is 6.01. The standard InChI is InChI=1S/C22H19ClN4O3/c1-14-19(13-27-11-3-10-24-27)26-22(30-14)15-4-7-17(8-5-15)25-21(28)18-12-16(23)6-9-20(18)29-2/h3-12H,13H2,1-2H3,(H,25,28). The maximum absolute atomic E-state index is 12.6. The predicted octanol–water partition coefficient (Wildman–Crippen LogP) is 4.81. The van der Waals surface area contributed by atoms with Gasteiger partial charge in [0.1, 0.15) is 17.2 Å². The van der Waals surface area contributed by atoms with Crippen molar-refractivity contribution in [3.05, 3.63) is 83.0 Å². The van der Waals surface area contributed by atoms with Crippen molar-refractivity contribution in [3.8, 4) is 17.2 Å². The number of methoxy groups -OCH3 is 1. The monoisotopic (exact) mass is 422 g/mol. The van der Waals surface area contributed by atoms with E-state index in [9.17, 15) is 4.79 Å². The number of nitrogens with zero attached hydrogens (tertiary/aromatic N) is 3. The molecule has 2 heterocycles. The summed E-state index contributed by atoms with van der Waals surface area (Å²) in [5.74, 6) is 1.40. The van der Waals surface area contributed by atoms with Gasteiger partial charge in [-0.15, -0.1) is 0 Å². The Hall–Kier alpha value is -3.58. The summed E-state index contributed by atoms with van der Waals surface area (Å²) in [5.41, 5.74) is 2.62. The van der Waals surface area contributed by atoms with Crippen LogP contribution in [-0.4, -0.2) is 27.8 Å². The Kier molecular flexibility index (Phi) is 5.54. The summed E-state index contributed by atoms with van der Waals surface area (Å²) in [7, 11) is 1.51. The summed E-state index contributed by atoms with van der Waals surface area (Å²) < 4.78 is 12.8. The fourth-order valence-electron chi connectivity index (χ4n) is 3.00. The molecule has 2 aromatic heterocycles. The Morgan fingerprint density at radius 2 is 2.03 bits per heavy atom. The number of carbonyl (C=O) groups excluding carboxylic acids is 1. The Morgan fingerprint density at radius 3 is 2.73 bits per heavy atom. The minimum absolute atomic E-state index is 0.310. The zero-order valence-electron chi connectivity index (χ0n) is 16.4. The van der Waals surface area contributed by atoms with Crippen molar-refractivity contribution in [3.63, 3.8) is 0 Å². The normalized spacial score (nSPS) is 10.8. The molecule has 0 bridgehead atoms. The summed E-state index contributed by atoms with van der Waals surface area (Å²) in [4.78, 5) is 17.2. The third kappa shape index (κ3) is 4.21. The van der Waals surface area contributed by atoms with Crippen LogP contribution in [0, 0.1) is 6.92 Å². The van der Waals surface area contributed by atoms with Crippen molar-refractivity contribution in [1.82, 2.24) is 14.8 Å². The van der Waals surface area contributed by atoms with Crippen LogP contribution in [0.15, 0.2) is 65.3 Å². The maximum Gasteiger partial charge on any atom is 0.259 e. The van der Waals surface area contributed by atoms with Gasteiger partial charge in [-0.1, -0.05) is 11.6 Å². The lowest BCUT2D eigenvalue weighted by molar-refractivity contribution is 0.102. The lowest BCUT2D eigenvalue weighted by Gasteiger charge is -2.10. The van der Waals surface area contributed by atoms with Gasteiger partial charge in [0.25, 0.3) is 5.91 Å². The first-order chi connectivity index (χ1) is 14.5. The number of nitrogens with one attached hydrogen (secondary N) is 1. The van der Waals surface area contributed by atoms with Crippen LogP contribution in [-0.2, 0) is 6.54 Å². The van der Waals surface area contributed by atoms with Gasteiger partial charge in [-0.2, -0.15) is 5.10 Å². The molecule has 0 radical (unpaired) electrons. The number of aryl methyl sites for hydroxylation is 1. The van der Waals surface area contributed by atoms with E-state index in [4.69, 9.17) is 20.8 Å². The van der Waals surface area contributed by atoms with Gasteiger partial charge in [-0.25, -0.2) is 4.98 Å². The van der Waals surface area contributed by atoms with Gasteiger partial charge < -0.3 is 14.5 Å². The lowest BCUT2D eigenvalue weighted by Crippen LogP contribution is -2.13. The van der Waals surface area contributed by atoms with Gasteiger partial charge in [0.2, 0.25) is 5.89 Å². The van der Waals surface area contributed by atoms with Crippen LogP contribution in [0.25, 0.3) is 11.5 Å². The Bertz CT molecular complexity index is 1170. The second-order valence-corrected chi connectivity index (χ2v) is 7.04. The van der Waals surface area contributed by atoms with Crippen LogP contribution in [0.1, 0.15) is 21.8 Å². The predicted molar refractivity (Wildman–Crippen MR) is 114 cm³/mol. The number of benzene rings is 2. The van der Waals surface area contributed by atoms with Crippen LogP contribution in [0.2, 0.25) is 5.02 Å². The highest BCUT2D eigenvalue weighted by Crippen LogP contribution is 2.26. The quantitative estimate of drug-likeness (QED) is 0.482. The molecule has 0 fully saturated rings. The number of halogens is 1. The molecule has 0 aliphatic carbocycles.